The van der Waals surface area contributed by atoms with Crippen molar-refractivity contribution in [1.82, 2.24) is 14.9 Å². The summed E-state index contributed by atoms with van der Waals surface area (Å²) in [5.74, 6) is 0. The lowest BCUT2D eigenvalue weighted by Crippen LogP contribution is -2.31. The smallest absolute Gasteiger partial charge is 0.0949 e. The number of benzene rings is 1. The maximum atomic E-state index is 4.53. The van der Waals surface area contributed by atoms with Crippen LogP contribution in [0.3, 0.4) is 0 Å². The third-order valence-corrected chi connectivity index (χ3v) is 4.01. The fraction of sp³-hybridized carbons (Fsp3) is 0.308. The van der Waals surface area contributed by atoms with Gasteiger partial charge in [0.2, 0.25) is 0 Å². The van der Waals surface area contributed by atoms with E-state index in [1.807, 2.05) is 12.4 Å². The number of hydrogen-bond acceptors (Lipinski definition) is 2. The molecule has 2 aromatic rings. The van der Waals surface area contributed by atoms with Crippen LogP contribution in [0.15, 0.2) is 35.1 Å². The van der Waals surface area contributed by atoms with Gasteiger partial charge < -0.3 is 9.88 Å². The van der Waals surface area contributed by atoms with Crippen molar-refractivity contribution in [2.45, 2.75) is 12.5 Å². The van der Waals surface area contributed by atoms with E-state index in [0.717, 1.165) is 23.1 Å². The van der Waals surface area contributed by atoms with E-state index < -0.39 is 0 Å². The second-order valence-corrected chi connectivity index (χ2v) is 5.20. The predicted octanol–water partition coefficient (Wildman–Crippen LogP) is 2.42. The highest BCUT2D eigenvalue weighted by Crippen LogP contribution is 2.31. The number of aryl methyl sites for hydroxylation is 1. The molecule has 1 aliphatic rings. The van der Waals surface area contributed by atoms with Gasteiger partial charge in [0.25, 0.3) is 0 Å². The maximum absolute atomic E-state index is 4.53. The van der Waals surface area contributed by atoms with Crippen molar-refractivity contribution in [3.05, 3.63) is 52.0 Å². The molecule has 17 heavy (non-hydrogen) atoms. The average molecular weight is 292 g/mol. The normalized spacial score (nSPS) is 19.1. The Hall–Kier alpha value is -1.13. The molecule has 0 spiro atoms. The summed E-state index contributed by atoms with van der Waals surface area (Å²) in [5.41, 5.74) is 3.75. The Morgan fingerprint density at radius 1 is 1.41 bits per heavy atom. The minimum Gasteiger partial charge on any atom is -0.337 e. The Bertz CT molecular complexity index is 547. The molecule has 0 amide bonds. The van der Waals surface area contributed by atoms with Gasteiger partial charge in [-0.2, -0.15) is 0 Å². The van der Waals surface area contributed by atoms with Crippen molar-refractivity contribution in [2.75, 3.05) is 6.54 Å². The first-order chi connectivity index (χ1) is 8.27. The van der Waals surface area contributed by atoms with Gasteiger partial charge in [0, 0.05) is 30.2 Å². The highest BCUT2D eigenvalue weighted by molar-refractivity contribution is 9.10. The van der Waals surface area contributed by atoms with Gasteiger partial charge in [-0.15, -0.1) is 0 Å². The molecule has 1 aromatic heterocycles. The Labute approximate surface area is 109 Å². The average Bonchev–Trinajstić information content (AvgIpc) is 2.72. The first kappa shape index (κ1) is 11.0. The minimum atomic E-state index is 0.204. The molecule has 4 heteroatoms. The molecule has 1 aliphatic heterocycles. The van der Waals surface area contributed by atoms with Gasteiger partial charge >= 0.3 is 0 Å². The van der Waals surface area contributed by atoms with Crippen LogP contribution >= 0.6 is 15.9 Å². The molecule has 0 fully saturated rings. The lowest BCUT2D eigenvalue weighted by molar-refractivity contribution is 0.543. The van der Waals surface area contributed by atoms with E-state index in [4.69, 9.17) is 0 Å². The Morgan fingerprint density at radius 3 is 3.06 bits per heavy atom. The molecule has 3 rings (SSSR count). The fourth-order valence-electron chi connectivity index (χ4n) is 2.42. The van der Waals surface area contributed by atoms with Gasteiger partial charge in [-0.05, 0) is 11.6 Å². The van der Waals surface area contributed by atoms with Gasteiger partial charge in [0.15, 0.2) is 0 Å². The largest absolute Gasteiger partial charge is 0.337 e. The summed E-state index contributed by atoms with van der Waals surface area (Å²) in [6.07, 6.45) is 2.95. The van der Waals surface area contributed by atoms with Gasteiger partial charge in [0.05, 0.1) is 18.1 Å². The summed E-state index contributed by atoms with van der Waals surface area (Å²) in [4.78, 5) is 4.53. The van der Waals surface area contributed by atoms with Crippen molar-refractivity contribution in [1.29, 1.82) is 0 Å². The van der Waals surface area contributed by atoms with Gasteiger partial charge in [-0.1, -0.05) is 34.1 Å². The second-order valence-electron chi connectivity index (χ2n) is 4.35. The van der Waals surface area contributed by atoms with Crippen LogP contribution < -0.4 is 5.32 Å². The Morgan fingerprint density at radius 2 is 2.24 bits per heavy atom. The summed E-state index contributed by atoms with van der Waals surface area (Å²) in [5, 5.41) is 3.54. The number of rotatable bonds is 1. The zero-order chi connectivity index (χ0) is 11.8. The SMILES string of the molecule is Cn1cnc2c1CCNC2c1ccccc1Br. The number of fused-ring (bicyclic) bond motifs is 1. The molecule has 2 heterocycles. The maximum Gasteiger partial charge on any atom is 0.0949 e. The fourth-order valence-corrected chi connectivity index (χ4v) is 2.93. The molecule has 0 saturated heterocycles. The standard InChI is InChI=1S/C13H14BrN3/c1-17-8-16-13-11(17)6-7-15-12(13)9-4-2-3-5-10(9)14/h2-5,8,12,15H,6-7H2,1H3. The van der Waals surface area contributed by atoms with Crippen molar-refractivity contribution in [2.24, 2.45) is 7.05 Å². The van der Waals surface area contributed by atoms with Crippen molar-refractivity contribution < 1.29 is 0 Å². The first-order valence-corrected chi connectivity index (χ1v) is 6.54. The van der Waals surface area contributed by atoms with E-state index in [2.05, 4.69) is 56.0 Å². The van der Waals surface area contributed by atoms with E-state index in [-0.39, 0.29) is 6.04 Å². The van der Waals surface area contributed by atoms with E-state index in [1.165, 1.54) is 11.3 Å². The van der Waals surface area contributed by atoms with Crippen LogP contribution in [0.25, 0.3) is 0 Å². The zero-order valence-corrected chi connectivity index (χ0v) is 11.2. The summed E-state index contributed by atoms with van der Waals surface area (Å²) < 4.78 is 3.26. The van der Waals surface area contributed by atoms with Crippen molar-refractivity contribution in [3.8, 4) is 0 Å². The van der Waals surface area contributed by atoms with Crippen LogP contribution in [0.5, 0.6) is 0 Å². The first-order valence-electron chi connectivity index (χ1n) is 5.75. The van der Waals surface area contributed by atoms with Gasteiger partial charge in [-0.3, -0.25) is 0 Å². The Kier molecular flexibility index (Phi) is 2.76. The van der Waals surface area contributed by atoms with Crippen LogP contribution in [-0.2, 0) is 13.5 Å². The summed E-state index contributed by atoms with van der Waals surface area (Å²) in [7, 11) is 2.06. The third kappa shape index (κ3) is 1.81. The van der Waals surface area contributed by atoms with Crippen LogP contribution in [0, 0.1) is 0 Å². The second kappa shape index (κ2) is 4.27. The lowest BCUT2D eigenvalue weighted by atomic mass is 9.98. The van der Waals surface area contributed by atoms with E-state index in [1.54, 1.807) is 0 Å². The number of halogens is 1. The lowest BCUT2D eigenvalue weighted by Gasteiger charge is -2.25. The molecule has 1 unspecified atom stereocenters. The monoisotopic (exact) mass is 291 g/mol. The number of hydrogen-bond donors (Lipinski definition) is 1. The molecule has 0 radical (unpaired) electrons. The van der Waals surface area contributed by atoms with E-state index in [9.17, 15) is 0 Å². The van der Waals surface area contributed by atoms with Crippen LogP contribution in [-0.4, -0.2) is 16.1 Å². The number of nitrogens with zero attached hydrogens (tertiary/aromatic N) is 2. The molecule has 88 valence electrons. The highest BCUT2D eigenvalue weighted by Gasteiger charge is 2.25. The molecule has 0 saturated carbocycles. The topological polar surface area (TPSA) is 29.9 Å². The van der Waals surface area contributed by atoms with E-state index >= 15 is 0 Å². The van der Waals surface area contributed by atoms with Crippen LogP contribution in [0.2, 0.25) is 0 Å². The minimum absolute atomic E-state index is 0.204. The number of nitrogens with one attached hydrogen (secondary N) is 1. The van der Waals surface area contributed by atoms with E-state index in [0.29, 0.717) is 0 Å². The molecule has 1 aromatic carbocycles. The van der Waals surface area contributed by atoms with Crippen LogP contribution in [0.4, 0.5) is 0 Å². The molecule has 1 N–H and O–H groups in total. The zero-order valence-electron chi connectivity index (χ0n) is 9.65. The Balaban J connectivity index is 2.09. The quantitative estimate of drug-likeness (QED) is 0.875. The summed E-state index contributed by atoms with van der Waals surface area (Å²) in [6, 6.07) is 8.53. The molecular weight excluding hydrogens is 278 g/mol. The third-order valence-electron chi connectivity index (χ3n) is 3.29. The van der Waals surface area contributed by atoms with Crippen molar-refractivity contribution >= 4 is 15.9 Å². The molecule has 0 aliphatic carbocycles. The van der Waals surface area contributed by atoms with Crippen LogP contribution in [0.1, 0.15) is 23.0 Å². The summed E-state index contributed by atoms with van der Waals surface area (Å²) in [6.45, 7) is 0.999. The van der Waals surface area contributed by atoms with Gasteiger partial charge in [0.1, 0.15) is 0 Å². The predicted molar refractivity (Wildman–Crippen MR) is 70.9 cm³/mol. The number of aromatic nitrogens is 2. The molecule has 3 nitrogen and oxygen atoms in total. The molecule has 0 bridgehead atoms. The molecular formula is C13H14BrN3. The van der Waals surface area contributed by atoms with Gasteiger partial charge in [-0.25, -0.2) is 4.98 Å². The molecule has 1 atom stereocenters. The van der Waals surface area contributed by atoms with Crippen molar-refractivity contribution in [3.63, 3.8) is 0 Å². The highest BCUT2D eigenvalue weighted by atomic mass is 79.9. The summed E-state index contributed by atoms with van der Waals surface area (Å²) >= 11 is 3.62. The number of imidazole rings is 1.